The summed E-state index contributed by atoms with van der Waals surface area (Å²) < 4.78 is 10.1. The van der Waals surface area contributed by atoms with Crippen LogP contribution in [-0.4, -0.2) is 51.6 Å². The van der Waals surface area contributed by atoms with Gasteiger partial charge in [0.25, 0.3) is 0 Å². The van der Waals surface area contributed by atoms with E-state index in [1.165, 1.54) is 12.1 Å². The van der Waals surface area contributed by atoms with Crippen LogP contribution in [-0.2, 0) is 9.47 Å². The highest BCUT2D eigenvalue weighted by atomic mass is 16.5. The van der Waals surface area contributed by atoms with Crippen LogP contribution < -0.4 is 4.90 Å². The molecule has 1 rings (SSSR count). The van der Waals surface area contributed by atoms with Crippen LogP contribution in [0.3, 0.4) is 0 Å². The van der Waals surface area contributed by atoms with Crippen LogP contribution in [0.4, 0.5) is 5.69 Å². The second-order valence-corrected chi connectivity index (χ2v) is 4.48. The van der Waals surface area contributed by atoms with Crippen molar-refractivity contribution in [3.05, 3.63) is 29.3 Å². The van der Waals surface area contributed by atoms with Crippen molar-refractivity contribution in [2.24, 2.45) is 0 Å². The summed E-state index contributed by atoms with van der Waals surface area (Å²) in [5.41, 5.74) is 1.18. The molecule has 0 aliphatic rings. The van der Waals surface area contributed by atoms with Crippen LogP contribution in [0.25, 0.3) is 0 Å². The molecule has 6 nitrogen and oxygen atoms in total. The summed E-state index contributed by atoms with van der Waals surface area (Å²) in [6.07, 6.45) is 0.811. The summed E-state index contributed by atoms with van der Waals surface area (Å²) >= 11 is 0. The van der Waals surface area contributed by atoms with Gasteiger partial charge in [0.2, 0.25) is 0 Å². The molecule has 0 aliphatic carbocycles. The van der Waals surface area contributed by atoms with E-state index in [1.807, 2.05) is 4.90 Å². The molecule has 0 heterocycles. The quantitative estimate of drug-likeness (QED) is 0.698. The third-order valence-electron chi connectivity index (χ3n) is 3.05. The fourth-order valence-corrected chi connectivity index (χ4v) is 1.99. The average molecular weight is 292 g/mol. The fourth-order valence-electron chi connectivity index (χ4n) is 1.99. The summed E-state index contributed by atoms with van der Waals surface area (Å²) in [4.78, 5) is 13.0. The standard InChI is InChI=1S/C15H20N2O4/c1-20-8-3-6-17(7-9-21-2)14-5-4-12(15(18)19)10-13(14)11-16/h4-5,10H,3,6-9H2,1-2H3,(H,18,19). The lowest BCUT2D eigenvalue weighted by molar-refractivity contribution is 0.0697. The highest BCUT2D eigenvalue weighted by molar-refractivity contribution is 5.89. The van der Waals surface area contributed by atoms with Crippen molar-refractivity contribution in [3.63, 3.8) is 0 Å². The molecule has 1 aromatic rings. The lowest BCUT2D eigenvalue weighted by Gasteiger charge is -2.25. The first-order valence-electron chi connectivity index (χ1n) is 6.64. The van der Waals surface area contributed by atoms with Crippen molar-refractivity contribution in [2.75, 3.05) is 45.4 Å². The van der Waals surface area contributed by atoms with Gasteiger partial charge >= 0.3 is 5.97 Å². The largest absolute Gasteiger partial charge is 0.478 e. The molecule has 0 fully saturated rings. The smallest absolute Gasteiger partial charge is 0.335 e. The Morgan fingerprint density at radius 2 is 2.00 bits per heavy atom. The summed E-state index contributed by atoms with van der Waals surface area (Å²) in [7, 11) is 3.26. The van der Waals surface area contributed by atoms with Gasteiger partial charge in [-0.05, 0) is 24.6 Å². The van der Waals surface area contributed by atoms with Crippen LogP contribution >= 0.6 is 0 Å². The Morgan fingerprint density at radius 1 is 1.29 bits per heavy atom. The van der Waals surface area contributed by atoms with Crippen molar-refractivity contribution < 1.29 is 19.4 Å². The zero-order chi connectivity index (χ0) is 15.7. The van der Waals surface area contributed by atoms with Crippen LogP contribution in [0.2, 0.25) is 0 Å². The second kappa shape index (κ2) is 8.95. The van der Waals surface area contributed by atoms with Gasteiger partial charge in [-0.2, -0.15) is 5.26 Å². The molecule has 1 N–H and O–H groups in total. The molecule has 0 aliphatic heterocycles. The predicted molar refractivity (Wildman–Crippen MR) is 78.7 cm³/mol. The SMILES string of the molecule is COCCCN(CCOC)c1ccc(C(=O)O)cc1C#N. The molecular weight excluding hydrogens is 272 g/mol. The molecule has 0 spiro atoms. The normalized spacial score (nSPS) is 10.1. The fraction of sp³-hybridized carbons (Fsp3) is 0.467. The third kappa shape index (κ3) is 5.06. The number of rotatable bonds is 9. The minimum Gasteiger partial charge on any atom is -0.478 e. The summed E-state index contributed by atoms with van der Waals surface area (Å²) in [6.45, 7) is 2.48. The first-order valence-corrected chi connectivity index (χ1v) is 6.64. The molecule has 0 saturated carbocycles. The van der Waals surface area contributed by atoms with Gasteiger partial charge in [-0.25, -0.2) is 4.79 Å². The molecule has 0 atom stereocenters. The topological polar surface area (TPSA) is 82.8 Å². The number of hydrogen-bond donors (Lipinski definition) is 1. The second-order valence-electron chi connectivity index (χ2n) is 4.48. The number of benzene rings is 1. The van der Waals surface area contributed by atoms with E-state index in [4.69, 9.17) is 14.6 Å². The number of methoxy groups -OCH3 is 2. The lowest BCUT2D eigenvalue weighted by atomic mass is 10.1. The summed E-state index contributed by atoms with van der Waals surface area (Å²) in [5.74, 6) is -1.04. The Hall–Kier alpha value is -2.10. The van der Waals surface area contributed by atoms with E-state index in [9.17, 15) is 10.1 Å². The zero-order valence-electron chi connectivity index (χ0n) is 12.3. The van der Waals surface area contributed by atoms with Gasteiger partial charge in [-0.15, -0.1) is 0 Å². The first-order chi connectivity index (χ1) is 10.1. The summed E-state index contributed by atoms with van der Waals surface area (Å²) in [6, 6.07) is 6.64. The van der Waals surface area contributed by atoms with Crippen molar-refractivity contribution in [2.45, 2.75) is 6.42 Å². The molecule has 0 bridgehead atoms. The van der Waals surface area contributed by atoms with Gasteiger partial charge in [-0.1, -0.05) is 0 Å². The van der Waals surface area contributed by atoms with E-state index in [-0.39, 0.29) is 5.56 Å². The van der Waals surface area contributed by atoms with E-state index in [1.54, 1.807) is 20.3 Å². The minimum atomic E-state index is -1.04. The number of carbonyl (C=O) groups is 1. The Labute approximate surface area is 124 Å². The van der Waals surface area contributed by atoms with Crippen molar-refractivity contribution in [1.29, 1.82) is 5.26 Å². The number of ether oxygens (including phenoxy) is 2. The molecule has 0 unspecified atom stereocenters. The Balaban J connectivity index is 2.99. The van der Waals surface area contributed by atoms with Crippen molar-refractivity contribution in [3.8, 4) is 6.07 Å². The zero-order valence-corrected chi connectivity index (χ0v) is 12.3. The van der Waals surface area contributed by atoms with Gasteiger partial charge in [0, 0.05) is 33.9 Å². The predicted octanol–water partition coefficient (Wildman–Crippen LogP) is 1.75. The number of nitriles is 1. The minimum absolute atomic E-state index is 0.110. The number of nitrogens with zero attached hydrogens (tertiary/aromatic N) is 2. The monoisotopic (exact) mass is 292 g/mol. The van der Waals surface area contributed by atoms with Crippen LogP contribution in [0.5, 0.6) is 0 Å². The van der Waals surface area contributed by atoms with E-state index in [0.717, 1.165) is 12.1 Å². The van der Waals surface area contributed by atoms with Crippen LogP contribution in [0.1, 0.15) is 22.3 Å². The van der Waals surface area contributed by atoms with Gasteiger partial charge < -0.3 is 19.5 Å². The van der Waals surface area contributed by atoms with Gasteiger partial charge in [0.05, 0.1) is 23.4 Å². The van der Waals surface area contributed by atoms with Crippen LogP contribution in [0, 0.1) is 11.3 Å². The molecule has 6 heteroatoms. The number of carboxylic acid groups (broad SMARTS) is 1. The maximum Gasteiger partial charge on any atom is 0.335 e. The highest BCUT2D eigenvalue weighted by Crippen LogP contribution is 2.22. The molecule has 1 aromatic carbocycles. The molecular formula is C15H20N2O4. The first kappa shape index (κ1) is 17.0. The number of aromatic carboxylic acids is 1. The molecule has 21 heavy (non-hydrogen) atoms. The Bertz CT molecular complexity index is 511. The van der Waals surface area contributed by atoms with Gasteiger partial charge in [0.1, 0.15) is 6.07 Å². The van der Waals surface area contributed by atoms with Crippen molar-refractivity contribution >= 4 is 11.7 Å². The molecule has 0 radical (unpaired) electrons. The number of carboxylic acids is 1. The van der Waals surface area contributed by atoms with Gasteiger partial charge in [0.15, 0.2) is 0 Å². The molecule has 0 aromatic heterocycles. The van der Waals surface area contributed by atoms with E-state index in [0.29, 0.717) is 31.9 Å². The Kier molecular flexibility index (Phi) is 7.23. The van der Waals surface area contributed by atoms with E-state index >= 15 is 0 Å². The van der Waals surface area contributed by atoms with E-state index in [2.05, 4.69) is 6.07 Å². The van der Waals surface area contributed by atoms with Gasteiger partial charge in [-0.3, -0.25) is 0 Å². The number of anilines is 1. The Morgan fingerprint density at radius 3 is 2.57 bits per heavy atom. The van der Waals surface area contributed by atoms with E-state index < -0.39 is 5.97 Å². The highest BCUT2D eigenvalue weighted by Gasteiger charge is 2.14. The molecule has 0 saturated heterocycles. The average Bonchev–Trinajstić information content (AvgIpc) is 2.50. The van der Waals surface area contributed by atoms with Crippen molar-refractivity contribution in [1.82, 2.24) is 0 Å². The molecule has 0 amide bonds. The number of hydrogen-bond acceptors (Lipinski definition) is 5. The molecule has 114 valence electrons. The summed E-state index contributed by atoms with van der Waals surface area (Å²) in [5, 5.41) is 18.2. The maximum atomic E-state index is 11.0. The maximum absolute atomic E-state index is 11.0. The lowest BCUT2D eigenvalue weighted by Crippen LogP contribution is -2.29. The third-order valence-corrected chi connectivity index (χ3v) is 3.05. The van der Waals surface area contributed by atoms with Crippen LogP contribution in [0.15, 0.2) is 18.2 Å².